The lowest BCUT2D eigenvalue weighted by molar-refractivity contribution is 0.641. The van der Waals surface area contributed by atoms with Crippen LogP contribution < -0.4 is 0 Å². The number of rotatable bonds is 12. The summed E-state index contributed by atoms with van der Waals surface area (Å²) in [5, 5.41) is 0. The Morgan fingerprint density at radius 3 is 1.79 bits per heavy atom. The summed E-state index contributed by atoms with van der Waals surface area (Å²) in [6.07, 6.45) is 19.5. The second kappa shape index (κ2) is 17.6. The van der Waals surface area contributed by atoms with Gasteiger partial charge >= 0.3 is 0 Å². The van der Waals surface area contributed by atoms with Crippen molar-refractivity contribution in [3.05, 3.63) is 204 Å². The van der Waals surface area contributed by atoms with Gasteiger partial charge in [-0.1, -0.05) is 190 Å². The molecule has 2 heteroatoms. The quantitative estimate of drug-likeness (QED) is 0.0539. The molecule has 264 valence electrons. The molecule has 6 rings (SSSR count). The van der Waals surface area contributed by atoms with Gasteiger partial charge in [0.1, 0.15) is 0 Å². The molecule has 0 aromatic heterocycles. The van der Waals surface area contributed by atoms with Crippen LogP contribution in [-0.2, 0) is 5.41 Å². The van der Waals surface area contributed by atoms with Crippen molar-refractivity contribution in [1.29, 1.82) is 0 Å². The highest BCUT2D eigenvalue weighted by molar-refractivity contribution is 6.13. The van der Waals surface area contributed by atoms with Crippen molar-refractivity contribution in [3.8, 4) is 22.3 Å². The molecular weight excluding hydrogens is 641 g/mol. The largest absolute Gasteiger partial charge is 0.233 e. The van der Waals surface area contributed by atoms with Crippen molar-refractivity contribution in [2.24, 2.45) is 9.98 Å². The lowest BCUT2D eigenvalue weighted by Gasteiger charge is -2.26. The highest BCUT2D eigenvalue weighted by Gasteiger charge is 2.23. The molecular formula is C51H50N2. The van der Waals surface area contributed by atoms with E-state index in [4.69, 9.17) is 9.98 Å². The van der Waals surface area contributed by atoms with Crippen LogP contribution in [0.15, 0.2) is 186 Å². The number of hydrogen-bond acceptors (Lipinski definition) is 1. The van der Waals surface area contributed by atoms with E-state index in [9.17, 15) is 0 Å². The number of hydrogen-bond donors (Lipinski definition) is 0. The minimum atomic E-state index is -0.177. The smallest absolute Gasteiger partial charge is 0.159 e. The first-order valence-electron chi connectivity index (χ1n) is 18.8. The van der Waals surface area contributed by atoms with E-state index in [0.717, 1.165) is 48.1 Å². The van der Waals surface area contributed by atoms with Crippen LogP contribution in [0, 0.1) is 0 Å². The van der Waals surface area contributed by atoms with Crippen LogP contribution in [0.2, 0.25) is 0 Å². The number of nitrogens with zero attached hydrogens (tertiary/aromatic N) is 2. The Morgan fingerprint density at radius 2 is 1.19 bits per heavy atom. The van der Waals surface area contributed by atoms with Crippen molar-refractivity contribution in [2.75, 3.05) is 0 Å². The van der Waals surface area contributed by atoms with E-state index >= 15 is 0 Å². The van der Waals surface area contributed by atoms with Gasteiger partial charge in [0.15, 0.2) is 5.84 Å². The van der Waals surface area contributed by atoms with Crippen LogP contribution >= 0.6 is 0 Å². The maximum absolute atomic E-state index is 5.07. The summed E-state index contributed by atoms with van der Waals surface area (Å²) in [6, 6.07) is 45.5. The molecule has 0 N–H and O–H groups in total. The summed E-state index contributed by atoms with van der Waals surface area (Å²) in [5.41, 5.74) is 13.1. The average molecular weight is 691 g/mol. The fraction of sp³-hybridized carbons (Fsp3) is 0.176. The fourth-order valence-electron chi connectivity index (χ4n) is 6.57. The molecule has 0 radical (unpaired) electrons. The van der Waals surface area contributed by atoms with Crippen LogP contribution in [0.5, 0.6) is 0 Å². The number of aliphatic imine (C=N–C) groups is 2. The predicted octanol–water partition coefficient (Wildman–Crippen LogP) is 13.9. The van der Waals surface area contributed by atoms with Crippen LogP contribution in [-0.4, -0.2) is 11.5 Å². The maximum Gasteiger partial charge on any atom is 0.159 e. The van der Waals surface area contributed by atoms with Crippen molar-refractivity contribution in [1.82, 2.24) is 0 Å². The standard InChI is InChI=1S/C51H50N2/c1-6-7-8-9-12-17-40-22-24-44(25-23-40)46-32-36-49(37-33-46)51(4,5)48-34-30-42(31-35-48)39(3)53-50(47-20-15-11-16-21-47)52-38(2)41-26-28-45(29-27-41)43-18-13-10-14-19-43/h6-7,10,12-15,17-37H,3,8-9,11,16H2,1-2,4-5H3/b7-6-,17-12+,52-38+,53-50-. The molecule has 2 nitrogen and oxygen atoms in total. The van der Waals surface area contributed by atoms with Gasteiger partial charge in [-0.25, -0.2) is 9.98 Å². The number of allylic oxidation sites excluding steroid dienone is 5. The summed E-state index contributed by atoms with van der Waals surface area (Å²) in [6.45, 7) is 13.1. The summed E-state index contributed by atoms with van der Waals surface area (Å²) >= 11 is 0. The van der Waals surface area contributed by atoms with Crippen molar-refractivity contribution in [2.45, 2.75) is 58.8 Å². The molecule has 0 amide bonds. The van der Waals surface area contributed by atoms with Gasteiger partial charge in [-0.05, 0) is 89.6 Å². The minimum absolute atomic E-state index is 0.177. The Labute approximate surface area is 317 Å². The lowest BCUT2D eigenvalue weighted by atomic mass is 9.77. The first kappa shape index (κ1) is 36.9. The van der Waals surface area contributed by atoms with Gasteiger partial charge in [0, 0.05) is 16.7 Å². The first-order valence-corrected chi connectivity index (χ1v) is 18.8. The zero-order chi connectivity index (χ0) is 37.0. The van der Waals surface area contributed by atoms with Gasteiger partial charge in [0.05, 0.1) is 5.70 Å². The summed E-state index contributed by atoms with van der Waals surface area (Å²) in [5.74, 6) is 0.686. The van der Waals surface area contributed by atoms with Gasteiger partial charge in [0.2, 0.25) is 0 Å². The maximum atomic E-state index is 5.07. The van der Waals surface area contributed by atoms with Gasteiger partial charge in [-0.2, -0.15) is 0 Å². The molecule has 1 aliphatic rings. The molecule has 0 spiro atoms. The molecule has 5 aromatic rings. The monoisotopic (exact) mass is 690 g/mol. The third-order valence-electron chi connectivity index (χ3n) is 10.0. The summed E-state index contributed by atoms with van der Waals surface area (Å²) in [4.78, 5) is 10.1. The zero-order valence-electron chi connectivity index (χ0n) is 31.6. The molecule has 0 saturated carbocycles. The second-order valence-electron chi connectivity index (χ2n) is 14.1. The van der Waals surface area contributed by atoms with E-state index in [1.54, 1.807) is 0 Å². The van der Waals surface area contributed by atoms with E-state index in [0.29, 0.717) is 11.5 Å². The predicted molar refractivity (Wildman–Crippen MR) is 231 cm³/mol. The Hall–Kier alpha value is -5.86. The first-order chi connectivity index (χ1) is 25.8. The number of amidine groups is 1. The number of benzene rings is 5. The SMILES string of the molecule is C=C(/N=C(\N=C(/C)c1ccc(-c2ccccc2)cc1)C1=CCCC=C1)c1ccc(C(C)(C)c2ccc(-c3ccc(/C=C/CC/C=C\C)cc3)cc2)cc1. The third kappa shape index (κ3) is 9.53. The molecule has 0 fully saturated rings. The number of unbranched alkanes of at least 4 members (excludes halogenated alkanes) is 1. The molecule has 5 aromatic carbocycles. The molecule has 1 aliphatic carbocycles. The molecule has 0 bridgehead atoms. The van der Waals surface area contributed by atoms with E-state index in [2.05, 4.69) is 198 Å². The van der Waals surface area contributed by atoms with Gasteiger partial charge in [-0.3, -0.25) is 0 Å². The fourth-order valence-corrected chi connectivity index (χ4v) is 6.57. The summed E-state index contributed by atoms with van der Waals surface area (Å²) in [7, 11) is 0. The normalized spacial score (nSPS) is 13.8. The highest BCUT2D eigenvalue weighted by Crippen LogP contribution is 2.34. The zero-order valence-corrected chi connectivity index (χ0v) is 31.6. The molecule has 53 heavy (non-hydrogen) atoms. The topological polar surface area (TPSA) is 24.7 Å². The van der Waals surface area contributed by atoms with Crippen LogP contribution in [0.4, 0.5) is 0 Å². The van der Waals surface area contributed by atoms with Crippen LogP contribution in [0.25, 0.3) is 34.0 Å². The average Bonchev–Trinajstić information content (AvgIpc) is 3.21. The Kier molecular flexibility index (Phi) is 12.2. The van der Waals surface area contributed by atoms with E-state index in [1.807, 2.05) is 6.07 Å². The van der Waals surface area contributed by atoms with Crippen molar-refractivity contribution < 1.29 is 0 Å². The Balaban J connectivity index is 1.16. The third-order valence-corrected chi connectivity index (χ3v) is 10.0. The van der Waals surface area contributed by atoms with Crippen molar-refractivity contribution >= 4 is 23.3 Å². The lowest BCUT2D eigenvalue weighted by Crippen LogP contribution is -2.18. The summed E-state index contributed by atoms with van der Waals surface area (Å²) < 4.78 is 0. The van der Waals surface area contributed by atoms with Gasteiger partial charge in [0.25, 0.3) is 0 Å². The minimum Gasteiger partial charge on any atom is -0.233 e. The molecule has 0 aliphatic heterocycles. The molecule has 0 atom stereocenters. The second-order valence-corrected chi connectivity index (χ2v) is 14.1. The molecule has 0 saturated heterocycles. The van der Waals surface area contributed by atoms with E-state index in [-0.39, 0.29) is 5.41 Å². The van der Waals surface area contributed by atoms with Gasteiger partial charge in [-0.15, -0.1) is 0 Å². The van der Waals surface area contributed by atoms with Crippen molar-refractivity contribution in [3.63, 3.8) is 0 Å². The Bertz CT molecular complexity index is 2170. The highest BCUT2D eigenvalue weighted by atomic mass is 14.9. The van der Waals surface area contributed by atoms with Crippen LogP contribution in [0.1, 0.15) is 81.2 Å². The van der Waals surface area contributed by atoms with E-state index < -0.39 is 0 Å². The molecule has 0 heterocycles. The molecule has 0 unspecified atom stereocenters. The van der Waals surface area contributed by atoms with E-state index in [1.165, 1.54) is 38.9 Å². The van der Waals surface area contributed by atoms with Crippen LogP contribution in [0.3, 0.4) is 0 Å². The van der Waals surface area contributed by atoms with Gasteiger partial charge < -0.3 is 0 Å². The Morgan fingerprint density at radius 1 is 0.642 bits per heavy atom.